The second-order valence-corrected chi connectivity index (χ2v) is 7.25. The number of amides is 1. The Labute approximate surface area is 164 Å². The van der Waals surface area contributed by atoms with E-state index in [0.717, 1.165) is 37.9 Å². The SMILES string of the molecule is O=C(CCc1nnc(-c2ccncc2)o1)N1CCC(Cc2ccccc2)CC1. The van der Waals surface area contributed by atoms with E-state index in [4.69, 9.17) is 4.42 Å². The van der Waals surface area contributed by atoms with Crippen LogP contribution in [0.5, 0.6) is 0 Å². The van der Waals surface area contributed by atoms with Gasteiger partial charge in [-0.25, -0.2) is 0 Å². The summed E-state index contributed by atoms with van der Waals surface area (Å²) in [5.74, 6) is 1.79. The molecule has 0 bridgehead atoms. The third kappa shape index (κ3) is 4.63. The first kappa shape index (κ1) is 18.3. The molecule has 2 aromatic heterocycles. The van der Waals surface area contributed by atoms with Crippen molar-refractivity contribution in [1.29, 1.82) is 0 Å². The van der Waals surface area contributed by atoms with Crippen molar-refractivity contribution in [2.75, 3.05) is 13.1 Å². The Morgan fingerprint density at radius 2 is 1.79 bits per heavy atom. The van der Waals surface area contributed by atoms with Crippen LogP contribution in [0.15, 0.2) is 59.3 Å². The van der Waals surface area contributed by atoms with E-state index in [-0.39, 0.29) is 5.91 Å². The Hall–Kier alpha value is -3.02. The van der Waals surface area contributed by atoms with Crippen LogP contribution in [0.4, 0.5) is 0 Å². The zero-order chi connectivity index (χ0) is 19.2. The van der Waals surface area contributed by atoms with E-state index in [9.17, 15) is 4.79 Å². The van der Waals surface area contributed by atoms with Crippen LogP contribution in [0.25, 0.3) is 11.5 Å². The molecule has 1 amide bonds. The maximum Gasteiger partial charge on any atom is 0.247 e. The molecule has 1 saturated heterocycles. The van der Waals surface area contributed by atoms with Crippen molar-refractivity contribution < 1.29 is 9.21 Å². The molecule has 0 aliphatic carbocycles. The van der Waals surface area contributed by atoms with Crippen molar-refractivity contribution in [3.63, 3.8) is 0 Å². The minimum atomic E-state index is 0.168. The number of rotatable bonds is 6. The van der Waals surface area contributed by atoms with Crippen LogP contribution in [-0.2, 0) is 17.6 Å². The molecule has 0 N–H and O–H groups in total. The van der Waals surface area contributed by atoms with Crippen molar-refractivity contribution in [3.8, 4) is 11.5 Å². The van der Waals surface area contributed by atoms with E-state index in [1.807, 2.05) is 23.1 Å². The summed E-state index contributed by atoms with van der Waals surface area (Å²) in [5, 5.41) is 8.12. The van der Waals surface area contributed by atoms with Gasteiger partial charge in [0, 0.05) is 43.9 Å². The van der Waals surface area contributed by atoms with Crippen molar-refractivity contribution in [3.05, 3.63) is 66.3 Å². The molecule has 6 nitrogen and oxygen atoms in total. The molecule has 1 aliphatic heterocycles. The molecule has 4 rings (SSSR count). The summed E-state index contributed by atoms with van der Waals surface area (Å²) >= 11 is 0. The highest BCUT2D eigenvalue weighted by Gasteiger charge is 2.23. The molecule has 1 aromatic carbocycles. The second kappa shape index (κ2) is 8.78. The molecule has 0 atom stereocenters. The van der Waals surface area contributed by atoms with Gasteiger partial charge in [-0.05, 0) is 42.9 Å². The molecule has 0 saturated carbocycles. The first-order valence-corrected chi connectivity index (χ1v) is 9.82. The van der Waals surface area contributed by atoms with Gasteiger partial charge >= 0.3 is 0 Å². The topological polar surface area (TPSA) is 72.1 Å². The predicted octanol–water partition coefficient (Wildman–Crippen LogP) is 3.55. The molecule has 1 fully saturated rings. The monoisotopic (exact) mass is 376 g/mol. The summed E-state index contributed by atoms with van der Waals surface area (Å²) in [7, 11) is 0. The van der Waals surface area contributed by atoms with Gasteiger partial charge in [0.2, 0.25) is 17.7 Å². The number of piperidine rings is 1. The van der Waals surface area contributed by atoms with Gasteiger partial charge in [-0.15, -0.1) is 10.2 Å². The lowest BCUT2D eigenvalue weighted by atomic mass is 9.90. The average molecular weight is 376 g/mol. The largest absolute Gasteiger partial charge is 0.421 e. The number of likely N-dealkylation sites (tertiary alicyclic amines) is 1. The van der Waals surface area contributed by atoms with Crippen molar-refractivity contribution in [1.82, 2.24) is 20.1 Å². The van der Waals surface area contributed by atoms with Crippen molar-refractivity contribution in [2.24, 2.45) is 5.92 Å². The smallest absolute Gasteiger partial charge is 0.247 e. The van der Waals surface area contributed by atoms with E-state index < -0.39 is 0 Å². The Bertz CT molecular complexity index is 887. The maximum absolute atomic E-state index is 12.5. The summed E-state index contributed by atoms with van der Waals surface area (Å²) in [6.45, 7) is 1.67. The number of aryl methyl sites for hydroxylation is 1. The third-order valence-corrected chi connectivity index (χ3v) is 5.28. The van der Waals surface area contributed by atoms with Crippen LogP contribution in [0, 0.1) is 5.92 Å². The van der Waals surface area contributed by atoms with Gasteiger partial charge in [-0.3, -0.25) is 9.78 Å². The first-order valence-electron chi connectivity index (χ1n) is 9.82. The fraction of sp³-hybridized carbons (Fsp3) is 0.364. The van der Waals surface area contributed by atoms with Crippen LogP contribution < -0.4 is 0 Å². The summed E-state index contributed by atoms with van der Waals surface area (Å²) in [6.07, 6.45) is 7.47. The lowest BCUT2D eigenvalue weighted by molar-refractivity contribution is -0.132. The summed E-state index contributed by atoms with van der Waals surface area (Å²) in [6, 6.07) is 14.2. The van der Waals surface area contributed by atoms with Gasteiger partial charge in [0.15, 0.2) is 0 Å². The molecule has 0 unspecified atom stereocenters. The molecular weight excluding hydrogens is 352 g/mol. The van der Waals surface area contributed by atoms with E-state index in [0.29, 0.717) is 30.5 Å². The second-order valence-electron chi connectivity index (χ2n) is 7.25. The lowest BCUT2D eigenvalue weighted by Gasteiger charge is -2.32. The molecule has 144 valence electrons. The Morgan fingerprint density at radius 3 is 2.54 bits per heavy atom. The third-order valence-electron chi connectivity index (χ3n) is 5.28. The number of hydrogen-bond acceptors (Lipinski definition) is 5. The molecule has 1 aliphatic rings. The molecular formula is C22H24N4O2. The average Bonchev–Trinajstić information content (AvgIpc) is 3.23. The summed E-state index contributed by atoms with van der Waals surface area (Å²) in [5.41, 5.74) is 2.22. The highest BCUT2D eigenvalue weighted by Crippen LogP contribution is 2.22. The Balaban J connectivity index is 1.23. The first-order chi connectivity index (χ1) is 13.8. The number of nitrogens with zero attached hydrogens (tertiary/aromatic N) is 4. The number of aromatic nitrogens is 3. The predicted molar refractivity (Wildman–Crippen MR) is 105 cm³/mol. The zero-order valence-electron chi connectivity index (χ0n) is 15.8. The number of hydrogen-bond donors (Lipinski definition) is 0. The fourth-order valence-electron chi connectivity index (χ4n) is 3.67. The van der Waals surface area contributed by atoms with Crippen LogP contribution in [0.3, 0.4) is 0 Å². The molecule has 0 radical (unpaired) electrons. The van der Waals surface area contributed by atoms with E-state index in [1.54, 1.807) is 12.4 Å². The van der Waals surface area contributed by atoms with Crippen LogP contribution in [-0.4, -0.2) is 39.1 Å². The highest BCUT2D eigenvalue weighted by atomic mass is 16.4. The molecule has 28 heavy (non-hydrogen) atoms. The number of benzene rings is 1. The van der Waals surface area contributed by atoms with Gasteiger partial charge in [0.25, 0.3) is 0 Å². The standard InChI is InChI=1S/C22H24N4O2/c27-21(7-6-20-24-25-22(28-20)19-8-12-23-13-9-19)26-14-10-18(11-15-26)16-17-4-2-1-3-5-17/h1-5,8-9,12-13,18H,6-7,10-11,14-16H2. The van der Waals surface area contributed by atoms with Crippen LogP contribution >= 0.6 is 0 Å². The van der Waals surface area contributed by atoms with Gasteiger partial charge in [0.05, 0.1) is 0 Å². The maximum atomic E-state index is 12.5. The number of carbonyl (C=O) groups excluding carboxylic acids is 1. The van der Waals surface area contributed by atoms with Gasteiger partial charge < -0.3 is 9.32 Å². The summed E-state index contributed by atoms with van der Waals surface area (Å²) < 4.78 is 5.67. The Morgan fingerprint density at radius 1 is 1.04 bits per heavy atom. The fourth-order valence-corrected chi connectivity index (χ4v) is 3.67. The molecule has 0 spiro atoms. The Kier molecular flexibility index (Phi) is 5.75. The number of carbonyl (C=O) groups is 1. The zero-order valence-corrected chi connectivity index (χ0v) is 15.8. The van der Waals surface area contributed by atoms with Gasteiger partial charge in [0.1, 0.15) is 0 Å². The highest BCUT2D eigenvalue weighted by molar-refractivity contribution is 5.76. The minimum Gasteiger partial charge on any atom is -0.421 e. The van der Waals surface area contributed by atoms with Gasteiger partial charge in [-0.1, -0.05) is 30.3 Å². The summed E-state index contributed by atoms with van der Waals surface area (Å²) in [4.78, 5) is 18.5. The molecule has 3 aromatic rings. The minimum absolute atomic E-state index is 0.168. The lowest BCUT2D eigenvalue weighted by Crippen LogP contribution is -2.39. The van der Waals surface area contributed by atoms with E-state index >= 15 is 0 Å². The van der Waals surface area contributed by atoms with Gasteiger partial charge in [-0.2, -0.15) is 0 Å². The molecule has 6 heteroatoms. The van der Waals surface area contributed by atoms with E-state index in [2.05, 4.69) is 39.4 Å². The van der Waals surface area contributed by atoms with Crippen molar-refractivity contribution >= 4 is 5.91 Å². The van der Waals surface area contributed by atoms with E-state index in [1.165, 1.54) is 5.56 Å². The van der Waals surface area contributed by atoms with Crippen LogP contribution in [0.1, 0.15) is 30.7 Å². The quantitative estimate of drug-likeness (QED) is 0.658. The van der Waals surface area contributed by atoms with Crippen LogP contribution in [0.2, 0.25) is 0 Å². The molecule has 3 heterocycles. The number of pyridine rings is 1. The normalized spacial score (nSPS) is 14.9. The van der Waals surface area contributed by atoms with Crippen molar-refractivity contribution in [2.45, 2.75) is 32.1 Å².